The van der Waals surface area contributed by atoms with E-state index in [1.807, 2.05) is 79.4 Å². The van der Waals surface area contributed by atoms with Crippen molar-refractivity contribution in [3.05, 3.63) is 83.3 Å². The molecule has 6 nitrogen and oxygen atoms in total. The zero-order valence-corrected chi connectivity index (χ0v) is 18.0. The summed E-state index contributed by atoms with van der Waals surface area (Å²) < 4.78 is 0. The highest BCUT2D eigenvalue weighted by Crippen LogP contribution is 2.27. The van der Waals surface area contributed by atoms with Crippen LogP contribution < -0.4 is 5.32 Å². The number of anilines is 2. The molecule has 1 aliphatic rings. The van der Waals surface area contributed by atoms with E-state index in [0.29, 0.717) is 12.5 Å². The smallest absolute Gasteiger partial charge is 0.246 e. The van der Waals surface area contributed by atoms with E-state index in [-0.39, 0.29) is 11.8 Å². The molecule has 4 rings (SSSR count). The quantitative estimate of drug-likeness (QED) is 0.617. The highest BCUT2D eigenvalue weighted by molar-refractivity contribution is 5.91. The average molecular weight is 414 g/mol. The lowest BCUT2D eigenvalue weighted by molar-refractivity contribution is -0.127. The minimum absolute atomic E-state index is 0.0477. The predicted molar refractivity (Wildman–Crippen MR) is 123 cm³/mol. The fourth-order valence-corrected chi connectivity index (χ4v) is 3.90. The first-order valence-corrected chi connectivity index (χ1v) is 10.6. The molecular weight excluding hydrogens is 386 g/mol. The van der Waals surface area contributed by atoms with Crippen molar-refractivity contribution in [2.45, 2.75) is 32.6 Å². The van der Waals surface area contributed by atoms with Crippen LogP contribution in [0.25, 0.3) is 6.08 Å². The maximum atomic E-state index is 12.7. The van der Waals surface area contributed by atoms with Gasteiger partial charge in [0, 0.05) is 42.2 Å². The van der Waals surface area contributed by atoms with Crippen molar-refractivity contribution in [1.82, 2.24) is 19.9 Å². The molecule has 158 valence electrons. The van der Waals surface area contributed by atoms with Crippen LogP contribution in [-0.2, 0) is 4.79 Å². The van der Waals surface area contributed by atoms with Gasteiger partial charge in [0.2, 0.25) is 11.9 Å². The monoisotopic (exact) mass is 413 g/mol. The first-order chi connectivity index (χ1) is 15.1. The van der Waals surface area contributed by atoms with Crippen LogP contribution >= 0.6 is 0 Å². The molecule has 6 heteroatoms. The molecule has 0 saturated carbocycles. The van der Waals surface area contributed by atoms with Gasteiger partial charge in [0.15, 0.2) is 0 Å². The zero-order valence-electron chi connectivity index (χ0n) is 18.0. The first-order valence-electron chi connectivity index (χ1n) is 10.6. The second kappa shape index (κ2) is 9.51. The highest BCUT2D eigenvalue weighted by Gasteiger charge is 2.24. The standard InChI is InChI=1S/C25H27N5O/c1-18-16-19(2)27-25(26-18)29-23-12-6-11-22(28-23)21-10-7-15-30(17-21)24(31)14-13-20-8-4-3-5-9-20/h3-6,8-9,11-14,16,21H,7,10,15,17H2,1-2H3,(H,26,27,28,29)/b14-13+/t21-/m0/s1. The number of hydrogen-bond donors (Lipinski definition) is 1. The Hall–Kier alpha value is -3.54. The van der Waals surface area contributed by atoms with Crippen molar-refractivity contribution < 1.29 is 4.79 Å². The number of rotatable bonds is 5. The number of piperidine rings is 1. The number of pyridine rings is 1. The molecule has 1 atom stereocenters. The first kappa shape index (κ1) is 20.7. The van der Waals surface area contributed by atoms with Gasteiger partial charge in [0.25, 0.3) is 0 Å². The lowest BCUT2D eigenvalue weighted by atomic mass is 9.94. The van der Waals surface area contributed by atoms with Crippen LogP contribution in [0.5, 0.6) is 0 Å². The van der Waals surface area contributed by atoms with Crippen molar-refractivity contribution >= 4 is 23.7 Å². The van der Waals surface area contributed by atoms with Crippen LogP contribution in [0.4, 0.5) is 11.8 Å². The number of nitrogens with zero attached hydrogens (tertiary/aromatic N) is 4. The van der Waals surface area contributed by atoms with E-state index in [1.165, 1.54) is 0 Å². The topological polar surface area (TPSA) is 71.0 Å². The van der Waals surface area contributed by atoms with E-state index in [9.17, 15) is 4.79 Å². The van der Waals surface area contributed by atoms with Gasteiger partial charge in [-0.3, -0.25) is 4.79 Å². The van der Waals surface area contributed by atoms with Crippen LogP contribution in [-0.4, -0.2) is 38.8 Å². The average Bonchev–Trinajstić information content (AvgIpc) is 2.78. The molecule has 1 fully saturated rings. The Morgan fingerprint density at radius 1 is 1.03 bits per heavy atom. The van der Waals surface area contributed by atoms with E-state index in [4.69, 9.17) is 4.98 Å². The lowest BCUT2D eigenvalue weighted by Gasteiger charge is -2.32. The number of carbonyl (C=O) groups is 1. The summed E-state index contributed by atoms with van der Waals surface area (Å²) in [5.41, 5.74) is 3.84. The number of aryl methyl sites for hydroxylation is 2. The predicted octanol–water partition coefficient (Wildman–Crippen LogP) is 4.65. The van der Waals surface area contributed by atoms with E-state index < -0.39 is 0 Å². The Bertz CT molecular complexity index is 1060. The second-order valence-corrected chi connectivity index (χ2v) is 7.91. The molecule has 3 aromatic rings. The Kier molecular flexibility index (Phi) is 6.36. The molecule has 1 saturated heterocycles. The molecule has 0 radical (unpaired) electrons. The van der Waals surface area contributed by atoms with Gasteiger partial charge in [0.05, 0.1) is 0 Å². The molecule has 0 aliphatic carbocycles. The maximum Gasteiger partial charge on any atom is 0.246 e. The summed E-state index contributed by atoms with van der Waals surface area (Å²) >= 11 is 0. The van der Waals surface area contributed by atoms with Gasteiger partial charge in [-0.25, -0.2) is 15.0 Å². The summed E-state index contributed by atoms with van der Waals surface area (Å²) in [5.74, 6) is 1.53. The van der Waals surface area contributed by atoms with Gasteiger partial charge in [-0.05, 0) is 56.5 Å². The Morgan fingerprint density at radius 3 is 2.58 bits per heavy atom. The fourth-order valence-electron chi connectivity index (χ4n) is 3.90. The summed E-state index contributed by atoms with van der Waals surface area (Å²) in [6, 6.07) is 17.8. The third-order valence-electron chi connectivity index (χ3n) is 5.36. The summed E-state index contributed by atoms with van der Waals surface area (Å²) in [6.45, 7) is 5.35. The fraction of sp³-hybridized carbons (Fsp3) is 0.280. The minimum atomic E-state index is 0.0477. The Balaban J connectivity index is 1.44. The number of likely N-dealkylation sites (tertiary alicyclic amines) is 1. The van der Waals surface area contributed by atoms with Crippen LogP contribution in [0.1, 0.15) is 41.4 Å². The van der Waals surface area contributed by atoms with E-state index in [1.54, 1.807) is 6.08 Å². The van der Waals surface area contributed by atoms with Crippen LogP contribution in [0.2, 0.25) is 0 Å². The van der Waals surface area contributed by atoms with Crippen molar-refractivity contribution in [3.8, 4) is 0 Å². The maximum absolute atomic E-state index is 12.7. The molecule has 1 N–H and O–H groups in total. The molecule has 3 heterocycles. The SMILES string of the molecule is Cc1cc(C)nc(Nc2cccc([C@H]3CCCN(C(=O)/C=C/c4ccccc4)C3)n2)n1. The summed E-state index contributed by atoms with van der Waals surface area (Å²) in [6.07, 6.45) is 5.52. The lowest BCUT2D eigenvalue weighted by Crippen LogP contribution is -2.38. The number of aromatic nitrogens is 3. The van der Waals surface area contributed by atoms with Crippen LogP contribution in [0.3, 0.4) is 0 Å². The van der Waals surface area contributed by atoms with Crippen LogP contribution in [0.15, 0.2) is 60.7 Å². The van der Waals surface area contributed by atoms with E-state index in [2.05, 4.69) is 15.3 Å². The van der Waals surface area contributed by atoms with Gasteiger partial charge in [0.1, 0.15) is 5.82 Å². The van der Waals surface area contributed by atoms with E-state index in [0.717, 1.165) is 47.8 Å². The van der Waals surface area contributed by atoms with Gasteiger partial charge < -0.3 is 10.2 Å². The van der Waals surface area contributed by atoms with Crippen molar-refractivity contribution in [2.75, 3.05) is 18.4 Å². The van der Waals surface area contributed by atoms with Crippen molar-refractivity contribution in [1.29, 1.82) is 0 Å². The second-order valence-electron chi connectivity index (χ2n) is 7.91. The van der Waals surface area contributed by atoms with E-state index >= 15 is 0 Å². The molecule has 31 heavy (non-hydrogen) atoms. The van der Waals surface area contributed by atoms with Gasteiger partial charge >= 0.3 is 0 Å². The summed E-state index contributed by atoms with van der Waals surface area (Å²) in [4.78, 5) is 28.3. The zero-order chi connectivity index (χ0) is 21.6. The molecule has 0 bridgehead atoms. The third-order valence-corrected chi connectivity index (χ3v) is 5.36. The van der Waals surface area contributed by atoms with Crippen LogP contribution in [0, 0.1) is 13.8 Å². The highest BCUT2D eigenvalue weighted by atomic mass is 16.2. The molecule has 2 aromatic heterocycles. The molecule has 1 aliphatic heterocycles. The van der Waals surface area contributed by atoms with Gasteiger partial charge in [-0.1, -0.05) is 36.4 Å². The summed E-state index contributed by atoms with van der Waals surface area (Å²) in [7, 11) is 0. The number of carbonyl (C=O) groups excluding carboxylic acids is 1. The largest absolute Gasteiger partial charge is 0.338 e. The minimum Gasteiger partial charge on any atom is -0.338 e. The Labute approximate surface area is 183 Å². The van der Waals surface area contributed by atoms with Crippen molar-refractivity contribution in [3.63, 3.8) is 0 Å². The molecule has 0 spiro atoms. The molecule has 1 amide bonds. The van der Waals surface area contributed by atoms with Crippen molar-refractivity contribution in [2.24, 2.45) is 0 Å². The number of nitrogens with one attached hydrogen (secondary N) is 1. The van der Waals surface area contributed by atoms with Gasteiger partial charge in [-0.15, -0.1) is 0 Å². The number of hydrogen-bond acceptors (Lipinski definition) is 5. The number of amides is 1. The molecule has 0 unspecified atom stereocenters. The molecular formula is C25H27N5O. The number of benzene rings is 1. The Morgan fingerprint density at radius 2 is 1.81 bits per heavy atom. The normalized spacial score (nSPS) is 16.5. The van der Waals surface area contributed by atoms with Gasteiger partial charge in [-0.2, -0.15) is 0 Å². The summed E-state index contributed by atoms with van der Waals surface area (Å²) in [5, 5.41) is 3.21. The third kappa shape index (κ3) is 5.54. The molecule has 1 aromatic carbocycles.